The molecular formula is C27H30O15. The maximum atomic E-state index is 13.8. The number of benzene rings is 2. The molecule has 2 saturated heterocycles. The zero-order chi connectivity index (χ0) is 30.6. The standard InChI is InChI=1S/C27H30O15/c28-5-11-17(32)21(36)23(38)26(41-11)14-19(34)13-16(31)10(8-1-3-9(30)4-2-8)7-40-25(13)15(20(14)35)27-24(39)22(37)18(33)12(6-29)42-27/h1-4,7,11-12,17-18,21-24,26-30,32-39H,5-6H2/t11-,12-,17+,18+,21-,22+,23+,24+,26+,27+/m1/s1. The molecule has 0 amide bonds. The molecule has 42 heavy (non-hydrogen) atoms. The van der Waals surface area contributed by atoms with Crippen LogP contribution in [-0.4, -0.2) is 118 Å². The molecule has 3 aromatic rings. The second kappa shape index (κ2) is 11.4. The van der Waals surface area contributed by atoms with E-state index in [4.69, 9.17) is 13.9 Å². The first kappa shape index (κ1) is 30.1. The van der Waals surface area contributed by atoms with Crippen molar-refractivity contribution in [2.75, 3.05) is 13.2 Å². The molecule has 2 fully saturated rings. The maximum absolute atomic E-state index is 13.8. The molecule has 0 spiro atoms. The highest BCUT2D eigenvalue weighted by molar-refractivity contribution is 5.93. The van der Waals surface area contributed by atoms with Crippen LogP contribution in [0, 0.1) is 0 Å². The Balaban J connectivity index is 1.82. The third-order valence-corrected chi connectivity index (χ3v) is 7.77. The molecule has 228 valence electrons. The monoisotopic (exact) mass is 594 g/mol. The zero-order valence-corrected chi connectivity index (χ0v) is 21.6. The number of fused-ring (bicyclic) bond motifs is 1. The Morgan fingerprint density at radius 3 is 1.64 bits per heavy atom. The molecule has 11 N–H and O–H groups in total. The molecular weight excluding hydrogens is 564 g/mol. The topological polar surface area (TPSA) is 271 Å². The summed E-state index contributed by atoms with van der Waals surface area (Å²) in [6.45, 7) is -1.70. The lowest BCUT2D eigenvalue weighted by Gasteiger charge is -2.42. The van der Waals surface area contributed by atoms with Crippen LogP contribution < -0.4 is 5.43 Å². The molecule has 0 unspecified atom stereocenters. The Hall–Kier alpha value is -3.35. The fourth-order valence-electron chi connectivity index (χ4n) is 5.43. The van der Waals surface area contributed by atoms with Gasteiger partial charge >= 0.3 is 0 Å². The minimum Gasteiger partial charge on any atom is -0.508 e. The zero-order valence-electron chi connectivity index (χ0n) is 21.6. The second-order valence-electron chi connectivity index (χ2n) is 10.3. The molecule has 5 rings (SSSR count). The highest BCUT2D eigenvalue weighted by Gasteiger charge is 2.50. The van der Waals surface area contributed by atoms with E-state index in [9.17, 15) is 61.0 Å². The van der Waals surface area contributed by atoms with Crippen LogP contribution in [0.25, 0.3) is 22.1 Å². The molecule has 0 bridgehead atoms. The van der Waals surface area contributed by atoms with Crippen LogP contribution in [0.2, 0.25) is 0 Å². The van der Waals surface area contributed by atoms with Gasteiger partial charge in [-0.2, -0.15) is 0 Å². The number of phenols is 3. The molecule has 0 aliphatic carbocycles. The third kappa shape index (κ3) is 4.69. The Bertz CT molecular complexity index is 1500. The minimum absolute atomic E-state index is 0.105. The highest BCUT2D eigenvalue weighted by Crippen LogP contribution is 2.50. The van der Waals surface area contributed by atoms with Gasteiger partial charge in [-0.25, -0.2) is 0 Å². The molecule has 2 aliphatic rings. The number of aliphatic hydroxyl groups is 8. The van der Waals surface area contributed by atoms with Crippen LogP contribution in [0.1, 0.15) is 23.3 Å². The molecule has 15 nitrogen and oxygen atoms in total. The number of aliphatic hydroxyl groups excluding tert-OH is 8. The molecule has 2 aromatic carbocycles. The first-order chi connectivity index (χ1) is 19.9. The average Bonchev–Trinajstić information content (AvgIpc) is 2.97. The average molecular weight is 595 g/mol. The number of rotatable bonds is 5. The summed E-state index contributed by atoms with van der Waals surface area (Å²) >= 11 is 0. The van der Waals surface area contributed by atoms with E-state index in [1.165, 1.54) is 24.3 Å². The SMILES string of the molecule is O=c1c(-c2ccc(O)cc2)coc2c([C@@H]3O[C@H](CO)[C@H](O)[C@H](O)[C@@H]3O)c(O)c([C@@H]3O[C@H](CO)[C@H](O)[C@@H](O)[C@@H]3O)c(O)c12. The van der Waals surface area contributed by atoms with Crippen molar-refractivity contribution in [1.82, 2.24) is 0 Å². The van der Waals surface area contributed by atoms with Gasteiger partial charge in [0.15, 0.2) is 5.58 Å². The predicted octanol–water partition coefficient (Wildman–Crippen LogP) is -2.39. The van der Waals surface area contributed by atoms with Gasteiger partial charge in [-0.05, 0) is 17.7 Å². The molecule has 1 aromatic heterocycles. The highest BCUT2D eigenvalue weighted by atomic mass is 16.6. The number of hydrogen-bond acceptors (Lipinski definition) is 15. The molecule has 0 radical (unpaired) electrons. The second-order valence-corrected chi connectivity index (χ2v) is 10.3. The van der Waals surface area contributed by atoms with E-state index in [1.54, 1.807) is 0 Å². The number of ether oxygens (including phenoxy) is 2. The quantitative estimate of drug-likeness (QED) is 0.147. The van der Waals surface area contributed by atoms with Crippen molar-refractivity contribution in [3.63, 3.8) is 0 Å². The van der Waals surface area contributed by atoms with Gasteiger partial charge in [0.1, 0.15) is 89.9 Å². The lowest BCUT2D eigenvalue weighted by molar-refractivity contribution is -0.234. The van der Waals surface area contributed by atoms with Gasteiger partial charge in [-0.1, -0.05) is 12.1 Å². The first-order valence-electron chi connectivity index (χ1n) is 12.9. The van der Waals surface area contributed by atoms with Gasteiger partial charge in [0.05, 0.1) is 29.9 Å². The van der Waals surface area contributed by atoms with Crippen LogP contribution in [0.15, 0.2) is 39.7 Å². The lowest BCUT2D eigenvalue weighted by atomic mass is 9.85. The summed E-state index contributed by atoms with van der Waals surface area (Å²) in [7, 11) is 0. The van der Waals surface area contributed by atoms with Crippen molar-refractivity contribution in [3.8, 4) is 28.4 Å². The van der Waals surface area contributed by atoms with E-state index in [-0.39, 0.29) is 16.9 Å². The summed E-state index contributed by atoms with van der Waals surface area (Å²) in [6, 6.07) is 5.33. The molecule has 15 heteroatoms. The van der Waals surface area contributed by atoms with Crippen LogP contribution in [0.4, 0.5) is 0 Å². The van der Waals surface area contributed by atoms with Crippen molar-refractivity contribution < 1.29 is 70.1 Å². The van der Waals surface area contributed by atoms with Crippen molar-refractivity contribution in [3.05, 3.63) is 51.9 Å². The smallest absolute Gasteiger partial charge is 0.204 e. The van der Waals surface area contributed by atoms with Crippen molar-refractivity contribution in [1.29, 1.82) is 0 Å². The molecule has 0 saturated carbocycles. The Labute approximate surface area is 235 Å². The largest absolute Gasteiger partial charge is 0.508 e. The van der Waals surface area contributed by atoms with Crippen molar-refractivity contribution in [2.45, 2.75) is 61.0 Å². The lowest BCUT2D eigenvalue weighted by Crippen LogP contribution is -2.55. The Kier molecular flexibility index (Phi) is 8.16. The Morgan fingerprint density at radius 2 is 1.14 bits per heavy atom. The van der Waals surface area contributed by atoms with E-state index in [2.05, 4.69) is 0 Å². The summed E-state index contributed by atoms with van der Waals surface area (Å²) in [5.41, 5.74) is -2.63. The van der Waals surface area contributed by atoms with E-state index in [0.717, 1.165) is 6.26 Å². The molecule has 10 atom stereocenters. The number of hydrogen-bond donors (Lipinski definition) is 11. The number of aromatic hydroxyl groups is 3. The fourth-order valence-corrected chi connectivity index (χ4v) is 5.43. The normalized spacial score (nSPS) is 33.6. The summed E-state index contributed by atoms with van der Waals surface area (Å²) in [4.78, 5) is 13.8. The van der Waals surface area contributed by atoms with Gasteiger partial charge < -0.3 is 70.1 Å². The first-order valence-corrected chi connectivity index (χ1v) is 12.9. The van der Waals surface area contributed by atoms with E-state index in [1.807, 2.05) is 0 Å². The van der Waals surface area contributed by atoms with Crippen LogP contribution in [-0.2, 0) is 9.47 Å². The summed E-state index contributed by atoms with van der Waals surface area (Å²) in [6.07, 6.45) is -17.2. The van der Waals surface area contributed by atoms with E-state index in [0.29, 0.717) is 0 Å². The minimum atomic E-state index is -2.04. The van der Waals surface area contributed by atoms with Crippen LogP contribution in [0.5, 0.6) is 17.2 Å². The fraction of sp³-hybridized carbons (Fsp3) is 0.444. The maximum Gasteiger partial charge on any atom is 0.204 e. The van der Waals surface area contributed by atoms with Gasteiger partial charge in [0.2, 0.25) is 5.43 Å². The Morgan fingerprint density at radius 1 is 0.643 bits per heavy atom. The molecule has 3 heterocycles. The van der Waals surface area contributed by atoms with Crippen molar-refractivity contribution >= 4 is 11.0 Å². The number of phenolic OH excluding ortho intramolecular Hbond substituents is 3. The summed E-state index contributed by atoms with van der Waals surface area (Å²) < 4.78 is 16.8. The van der Waals surface area contributed by atoms with Gasteiger partial charge in [0, 0.05) is 0 Å². The van der Waals surface area contributed by atoms with E-state index >= 15 is 0 Å². The van der Waals surface area contributed by atoms with Gasteiger partial charge in [-0.3, -0.25) is 4.79 Å². The van der Waals surface area contributed by atoms with Crippen molar-refractivity contribution in [2.24, 2.45) is 0 Å². The van der Waals surface area contributed by atoms with Gasteiger partial charge in [-0.15, -0.1) is 0 Å². The molecule has 2 aliphatic heterocycles. The summed E-state index contributed by atoms with van der Waals surface area (Å²) in [5, 5.41) is 114. The van der Waals surface area contributed by atoms with Crippen LogP contribution >= 0.6 is 0 Å². The predicted molar refractivity (Wildman–Crippen MR) is 138 cm³/mol. The van der Waals surface area contributed by atoms with Crippen LogP contribution in [0.3, 0.4) is 0 Å². The third-order valence-electron chi connectivity index (χ3n) is 7.77. The summed E-state index contributed by atoms with van der Waals surface area (Å²) in [5.74, 6) is -2.09. The van der Waals surface area contributed by atoms with Gasteiger partial charge in [0.25, 0.3) is 0 Å². The van der Waals surface area contributed by atoms with E-state index < -0.39 is 113 Å².